The van der Waals surface area contributed by atoms with Gasteiger partial charge in [0.25, 0.3) is 0 Å². The summed E-state index contributed by atoms with van der Waals surface area (Å²) < 4.78 is 1.00. The second kappa shape index (κ2) is 7.73. The average molecular weight is 406 g/mol. The molecule has 0 aliphatic heterocycles. The summed E-state index contributed by atoms with van der Waals surface area (Å²) in [6.45, 7) is 2.91. The Balaban J connectivity index is 2.13. The van der Waals surface area contributed by atoms with E-state index in [-0.39, 0.29) is 0 Å². The lowest BCUT2D eigenvalue weighted by Gasteiger charge is -2.06. The highest BCUT2D eigenvalue weighted by Gasteiger charge is 2.15. The number of hydrogen-bond acceptors (Lipinski definition) is 1. The van der Waals surface area contributed by atoms with Gasteiger partial charge in [-0.05, 0) is 77.0 Å². The molecule has 3 aromatic rings. The Morgan fingerprint density at radius 2 is 1.88 bits per heavy atom. The minimum absolute atomic E-state index is 0.730. The van der Waals surface area contributed by atoms with Crippen molar-refractivity contribution in [3.8, 4) is 11.3 Å². The number of aryl methyl sites for hydroxylation is 2. The molecule has 24 heavy (non-hydrogen) atoms. The number of nitrogens with two attached hydrogens (primary N) is 1. The number of H-pyrrole nitrogens is 1. The molecule has 2 aromatic carbocycles. The molecule has 126 valence electrons. The molecule has 3 N–H and O–H groups in total. The fourth-order valence-corrected chi connectivity index (χ4v) is 4.04. The normalized spacial score (nSPS) is 11.3. The van der Waals surface area contributed by atoms with E-state index in [1.807, 2.05) is 6.07 Å². The summed E-state index contributed by atoms with van der Waals surface area (Å²) in [7, 11) is 0. The summed E-state index contributed by atoms with van der Waals surface area (Å²) >= 11 is 9.92. The summed E-state index contributed by atoms with van der Waals surface area (Å²) in [4.78, 5) is 3.60. The summed E-state index contributed by atoms with van der Waals surface area (Å²) in [5.74, 6) is 0. The molecule has 0 spiro atoms. The largest absolute Gasteiger partial charge is 0.353 e. The molecule has 0 unspecified atom stereocenters. The van der Waals surface area contributed by atoms with Crippen LogP contribution in [-0.4, -0.2) is 11.5 Å². The third kappa shape index (κ3) is 3.53. The van der Waals surface area contributed by atoms with Crippen molar-refractivity contribution in [2.24, 2.45) is 5.73 Å². The van der Waals surface area contributed by atoms with Crippen molar-refractivity contribution in [2.45, 2.75) is 32.6 Å². The number of hydrogen-bond donors (Lipinski definition) is 2. The number of nitrogens with one attached hydrogen (secondary N) is 1. The molecular formula is C20H22BrClN2. The molecule has 0 radical (unpaired) electrons. The zero-order valence-corrected chi connectivity index (χ0v) is 16.2. The maximum Gasteiger partial charge on any atom is 0.0607 e. The topological polar surface area (TPSA) is 41.8 Å². The predicted octanol–water partition coefficient (Wildman–Crippen LogP) is 6.09. The Kier molecular flexibility index (Phi) is 5.65. The van der Waals surface area contributed by atoms with E-state index in [0.29, 0.717) is 0 Å². The van der Waals surface area contributed by atoms with Gasteiger partial charge in [-0.1, -0.05) is 42.8 Å². The van der Waals surface area contributed by atoms with Crippen LogP contribution in [0.2, 0.25) is 5.02 Å². The van der Waals surface area contributed by atoms with Crippen LogP contribution >= 0.6 is 27.5 Å². The van der Waals surface area contributed by atoms with Gasteiger partial charge in [0.15, 0.2) is 0 Å². The molecular weight excluding hydrogens is 384 g/mol. The van der Waals surface area contributed by atoms with Crippen LogP contribution < -0.4 is 5.73 Å². The first-order chi connectivity index (χ1) is 11.6. The SMILES string of the molecule is CCc1ccc(-c2[nH]c3c(Br)cc(Cl)cc3c2CCCCN)cc1. The van der Waals surface area contributed by atoms with Gasteiger partial charge in [0, 0.05) is 20.6 Å². The Morgan fingerprint density at radius 1 is 1.12 bits per heavy atom. The van der Waals surface area contributed by atoms with Crippen molar-refractivity contribution in [3.05, 3.63) is 57.0 Å². The first kappa shape index (κ1) is 17.5. The van der Waals surface area contributed by atoms with Crippen LogP contribution in [0.3, 0.4) is 0 Å². The zero-order chi connectivity index (χ0) is 17.1. The summed E-state index contributed by atoms with van der Waals surface area (Å²) in [5.41, 5.74) is 11.9. The van der Waals surface area contributed by atoms with Gasteiger partial charge in [0.2, 0.25) is 0 Å². The third-order valence-electron chi connectivity index (χ3n) is 4.46. The van der Waals surface area contributed by atoms with Gasteiger partial charge in [-0.3, -0.25) is 0 Å². The fourth-order valence-electron chi connectivity index (χ4n) is 3.13. The number of rotatable bonds is 6. The summed E-state index contributed by atoms with van der Waals surface area (Å²) in [6, 6.07) is 12.8. The molecule has 0 aliphatic carbocycles. The maximum atomic E-state index is 6.29. The predicted molar refractivity (Wildman–Crippen MR) is 108 cm³/mol. The van der Waals surface area contributed by atoms with E-state index in [2.05, 4.69) is 58.2 Å². The van der Waals surface area contributed by atoms with Crippen molar-refractivity contribution in [1.29, 1.82) is 0 Å². The van der Waals surface area contributed by atoms with Gasteiger partial charge in [0.1, 0.15) is 0 Å². The number of unbranched alkanes of at least 4 members (excludes halogenated alkanes) is 1. The Labute approximate surface area is 156 Å². The van der Waals surface area contributed by atoms with Crippen molar-refractivity contribution in [2.75, 3.05) is 6.54 Å². The number of fused-ring (bicyclic) bond motifs is 1. The number of benzene rings is 2. The minimum Gasteiger partial charge on any atom is -0.353 e. The van der Waals surface area contributed by atoms with Gasteiger partial charge >= 0.3 is 0 Å². The molecule has 1 heterocycles. The van der Waals surface area contributed by atoms with E-state index in [1.54, 1.807) is 0 Å². The Hall–Kier alpha value is -1.29. The van der Waals surface area contributed by atoms with Crippen LogP contribution in [0.4, 0.5) is 0 Å². The highest BCUT2D eigenvalue weighted by atomic mass is 79.9. The molecule has 0 atom stereocenters. The standard InChI is InChI=1S/C20H22BrClN2/c1-2-13-6-8-14(9-7-13)19-16(5-3-4-10-23)17-11-15(22)12-18(21)20(17)24-19/h6-9,11-12,24H,2-5,10,23H2,1H3. The second-order valence-electron chi connectivity index (χ2n) is 6.08. The quantitative estimate of drug-likeness (QED) is 0.478. The van der Waals surface area contributed by atoms with E-state index in [0.717, 1.165) is 47.2 Å². The highest BCUT2D eigenvalue weighted by Crippen LogP contribution is 2.37. The summed E-state index contributed by atoms with van der Waals surface area (Å²) in [5, 5.41) is 1.95. The van der Waals surface area contributed by atoms with Crippen LogP contribution in [0.15, 0.2) is 40.9 Å². The monoisotopic (exact) mass is 404 g/mol. The maximum absolute atomic E-state index is 6.29. The fraction of sp³-hybridized carbons (Fsp3) is 0.300. The molecule has 2 nitrogen and oxygen atoms in total. The highest BCUT2D eigenvalue weighted by molar-refractivity contribution is 9.10. The van der Waals surface area contributed by atoms with E-state index in [4.69, 9.17) is 17.3 Å². The lowest BCUT2D eigenvalue weighted by Crippen LogP contribution is -1.99. The molecule has 4 heteroatoms. The molecule has 0 aliphatic rings. The van der Waals surface area contributed by atoms with E-state index in [9.17, 15) is 0 Å². The van der Waals surface area contributed by atoms with Crippen molar-refractivity contribution in [1.82, 2.24) is 4.98 Å². The molecule has 3 rings (SSSR count). The minimum atomic E-state index is 0.730. The number of halogens is 2. The second-order valence-corrected chi connectivity index (χ2v) is 7.38. The van der Waals surface area contributed by atoms with E-state index in [1.165, 1.54) is 27.8 Å². The van der Waals surface area contributed by atoms with Gasteiger partial charge in [-0.25, -0.2) is 0 Å². The van der Waals surface area contributed by atoms with Crippen LogP contribution in [0, 0.1) is 0 Å². The number of aromatic amines is 1. The average Bonchev–Trinajstić information content (AvgIpc) is 2.94. The van der Waals surface area contributed by atoms with Gasteiger partial charge in [-0.15, -0.1) is 0 Å². The Morgan fingerprint density at radius 3 is 2.54 bits per heavy atom. The summed E-state index contributed by atoms with van der Waals surface area (Å²) in [6.07, 6.45) is 4.16. The smallest absolute Gasteiger partial charge is 0.0607 e. The lowest BCUT2D eigenvalue weighted by molar-refractivity contribution is 0.748. The lowest BCUT2D eigenvalue weighted by atomic mass is 9.99. The number of aromatic nitrogens is 1. The van der Waals surface area contributed by atoms with Crippen LogP contribution in [0.5, 0.6) is 0 Å². The van der Waals surface area contributed by atoms with Crippen LogP contribution in [0.1, 0.15) is 30.9 Å². The van der Waals surface area contributed by atoms with Crippen LogP contribution in [-0.2, 0) is 12.8 Å². The first-order valence-corrected chi connectivity index (χ1v) is 9.60. The molecule has 0 saturated carbocycles. The van der Waals surface area contributed by atoms with Gasteiger partial charge < -0.3 is 10.7 Å². The molecule has 0 saturated heterocycles. The molecule has 0 amide bonds. The molecule has 0 bridgehead atoms. The third-order valence-corrected chi connectivity index (χ3v) is 5.31. The zero-order valence-electron chi connectivity index (χ0n) is 13.8. The Bertz CT molecular complexity index is 837. The van der Waals surface area contributed by atoms with E-state index >= 15 is 0 Å². The van der Waals surface area contributed by atoms with Crippen molar-refractivity contribution >= 4 is 38.4 Å². The first-order valence-electron chi connectivity index (χ1n) is 8.43. The van der Waals surface area contributed by atoms with Crippen LogP contribution in [0.25, 0.3) is 22.2 Å². The van der Waals surface area contributed by atoms with Crippen molar-refractivity contribution in [3.63, 3.8) is 0 Å². The molecule has 1 aromatic heterocycles. The van der Waals surface area contributed by atoms with Crippen molar-refractivity contribution < 1.29 is 0 Å². The van der Waals surface area contributed by atoms with E-state index < -0.39 is 0 Å². The molecule has 0 fully saturated rings. The van der Waals surface area contributed by atoms with Gasteiger partial charge in [0.05, 0.1) is 5.52 Å². The van der Waals surface area contributed by atoms with Gasteiger partial charge in [-0.2, -0.15) is 0 Å².